The highest BCUT2D eigenvalue weighted by Crippen LogP contribution is 2.30. The lowest BCUT2D eigenvalue weighted by Gasteiger charge is -2.08. The molecule has 78 valence electrons. The van der Waals surface area contributed by atoms with E-state index in [1.165, 1.54) is 11.3 Å². The minimum Gasteiger partial charge on any atom is -0.330 e. The number of benzene rings is 1. The number of aromatic nitrogens is 1. The van der Waals surface area contributed by atoms with Crippen LogP contribution in [0.15, 0.2) is 28.2 Å². The number of rotatable bonds is 2. The Morgan fingerprint density at radius 2 is 2.27 bits per heavy atom. The lowest BCUT2D eigenvalue weighted by Crippen LogP contribution is -1.93. The molecule has 1 N–H and O–H groups in total. The van der Waals surface area contributed by atoms with Crippen LogP contribution in [0.25, 0.3) is 0 Å². The van der Waals surface area contributed by atoms with E-state index in [9.17, 15) is 0 Å². The fourth-order valence-corrected chi connectivity index (χ4v) is 2.63. The van der Waals surface area contributed by atoms with Gasteiger partial charge in [0, 0.05) is 5.38 Å². The van der Waals surface area contributed by atoms with Crippen molar-refractivity contribution in [3.63, 3.8) is 0 Å². The monoisotopic (exact) mass is 302 g/mol. The van der Waals surface area contributed by atoms with E-state index in [0.29, 0.717) is 5.02 Å². The van der Waals surface area contributed by atoms with Crippen LogP contribution in [0.4, 0.5) is 10.8 Å². The number of thiazole rings is 1. The van der Waals surface area contributed by atoms with E-state index in [-0.39, 0.29) is 0 Å². The van der Waals surface area contributed by atoms with Crippen molar-refractivity contribution in [3.8, 4) is 0 Å². The second kappa shape index (κ2) is 4.51. The van der Waals surface area contributed by atoms with Gasteiger partial charge in [-0.2, -0.15) is 0 Å². The second-order valence-electron chi connectivity index (χ2n) is 3.03. The van der Waals surface area contributed by atoms with E-state index in [0.717, 1.165) is 21.0 Å². The Morgan fingerprint density at radius 1 is 1.47 bits per heavy atom. The Hall–Kier alpha value is -0.580. The predicted octanol–water partition coefficient (Wildman–Crippen LogP) is 4.61. The molecule has 15 heavy (non-hydrogen) atoms. The maximum absolute atomic E-state index is 6.09. The summed E-state index contributed by atoms with van der Waals surface area (Å²) in [4.78, 5) is 4.25. The normalized spacial score (nSPS) is 10.3. The first-order valence-corrected chi connectivity index (χ1v) is 6.35. The van der Waals surface area contributed by atoms with E-state index < -0.39 is 0 Å². The largest absolute Gasteiger partial charge is 0.330 e. The maximum atomic E-state index is 6.09. The molecular weight excluding hydrogens is 296 g/mol. The third-order valence-corrected chi connectivity index (χ3v) is 3.71. The van der Waals surface area contributed by atoms with Crippen LogP contribution in [-0.4, -0.2) is 4.98 Å². The number of para-hydroxylation sites is 1. The van der Waals surface area contributed by atoms with Crippen LogP contribution in [0.1, 0.15) is 5.56 Å². The number of halogens is 2. The molecule has 1 heterocycles. The van der Waals surface area contributed by atoms with Gasteiger partial charge in [0.25, 0.3) is 0 Å². The summed E-state index contributed by atoms with van der Waals surface area (Å²) in [5.74, 6) is 0. The molecule has 0 atom stereocenters. The van der Waals surface area contributed by atoms with Gasteiger partial charge < -0.3 is 5.32 Å². The van der Waals surface area contributed by atoms with Crippen LogP contribution in [0.3, 0.4) is 0 Å². The standard InChI is InChI=1S/C10H8BrClN2S/c1-6-3-2-4-7(12)9(6)14-10-13-8(11)5-15-10/h2-5H,1H3,(H,13,14). The van der Waals surface area contributed by atoms with E-state index in [4.69, 9.17) is 11.6 Å². The quantitative estimate of drug-likeness (QED) is 0.876. The summed E-state index contributed by atoms with van der Waals surface area (Å²) < 4.78 is 0.833. The van der Waals surface area contributed by atoms with Gasteiger partial charge in [-0.1, -0.05) is 23.7 Å². The first-order valence-electron chi connectivity index (χ1n) is 4.30. The first kappa shape index (κ1) is 10.9. The average molecular weight is 304 g/mol. The highest BCUT2D eigenvalue weighted by atomic mass is 79.9. The maximum Gasteiger partial charge on any atom is 0.188 e. The molecule has 0 radical (unpaired) electrons. The van der Waals surface area contributed by atoms with Crippen LogP contribution < -0.4 is 5.32 Å². The van der Waals surface area contributed by atoms with Gasteiger partial charge in [0.15, 0.2) is 5.13 Å². The van der Waals surface area contributed by atoms with E-state index in [1.54, 1.807) is 0 Å². The van der Waals surface area contributed by atoms with Crippen molar-refractivity contribution in [2.45, 2.75) is 6.92 Å². The van der Waals surface area contributed by atoms with Crippen molar-refractivity contribution in [2.75, 3.05) is 5.32 Å². The van der Waals surface area contributed by atoms with Crippen LogP contribution >= 0.6 is 38.9 Å². The summed E-state index contributed by atoms with van der Waals surface area (Å²) in [6.45, 7) is 2.01. The summed E-state index contributed by atoms with van der Waals surface area (Å²) in [5, 5.41) is 6.67. The van der Waals surface area contributed by atoms with Crippen LogP contribution in [0.5, 0.6) is 0 Å². The van der Waals surface area contributed by atoms with Crippen molar-refractivity contribution in [1.82, 2.24) is 4.98 Å². The molecule has 0 saturated carbocycles. The molecule has 0 fully saturated rings. The Morgan fingerprint density at radius 3 is 2.87 bits per heavy atom. The number of hydrogen-bond donors (Lipinski definition) is 1. The number of nitrogens with zero attached hydrogens (tertiary/aromatic N) is 1. The van der Waals surface area contributed by atoms with Crippen LogP contribution in [0.2, 0.25) is 5.02 Å². The fourth-order valence-electron chi connectivity index (χ4n) is 1.21. The van der Waals surface area contributed by atoms with Gasteiger partial charge in [0.05, 0.1) is 10.7 Å². The zero-order chi connectivity index (χ0) is 10.8. The lowest BCUT2D eigenvalue weighted by atomic mass is 10.2. The SMILES string of the molecule is Cc1cccc(Cl)c1Nc1nc(Br)cs1. The summed E-state index contributed by atoms with van der Waals surface area (Å²) >= 11 is 10.9. The molecule has 2 rings (SSSR count). The zero-order valence-corrected chi connectivity index (χ0v) is 11.1. The minimum atomic E-state index is 0.710. The molecule has 0 unspecified atom stereocenters. The summed E-state index contributed by atoms with van der Waals surface area (Å²) in [7, 11) is 0. The van der Waals surface area contributed by atoms with E-state index in [2.05, 4.69) is 26.2 Å². The van der Waals surface area contributed by atoms with Crippen molar-refractivity contribution in [3.05, 3.63) is 38.8 Å². The smallest absolute Gasteiger partial charge is 0.188 e. The molecule has 0 spiro atoms. The van der Waals surface area contributed by atoms with Crippen molar-refractivity contribution in [1.29, 1.82) is 0 Å². The third kappa shape index (κ3) is 2.51. The summed E-state index contributed by atoms with van der Waals surface area (Å²) in [6.07, 6.45) is 0. The van der Waals surface area contributed by atoms with Gasteiger partial charge in [0.1, 0.15) is 4.60 Å². The molecule has 0 aliphatic rings. The molecule has 0 aliphatic heterocycles. The van der Waals surface area contributed by atoms with Crippen LogP contribution in [0, 0.1) is 6.92 Å². The molecule has 2 nitrogen and oxygen atoms in total. The predicted molar refractivity (Wildman–Crippen MR) is 69.3 cm³/mol. The minimum absolute atomic E-state index is 0.710. The van der Waals surface area contributed by atoms with Crippen molar-refractivity contribution in [2.24, 2.45) is 0 Å². The molecular formula is C10H8BrClN2S. The molecule has 0 saturated heterocycles. The van der Waals surface area contributed by atoms with Gasteiger partial charge in [0.2, 0.25) is 0 Å². The molecule has 5 heteroatoms. The molecule has 0 bridgehead atoms. The van der Waals surface area contributed by atoms with Crippen LogP contribution in [-0.2, 0) is 0 Å². The number of nitrogens with one attached hydrogen (secondary N) is 1. The Kier molecular flexibility index (Phi) is 3.29. The highest BCUT2D eigenvalue weighted by Gasteiger charge is 2.06. The first-order chi connectivity index (χ1) is 7.16. The Bertz CT molecular complexity index is 464. The zero-order valence-electron chi connectivity index (χ0n) is 7.92. The van der Waals surface area contributed by atoms with Gasteiger partial charge in [-0.15, -0.1) is 11.3 Å². The van der Waals surface area contributed by atoms with E-state index >= 15 is 0 Å². The Labute approximate surface area is 105 Å². The molecule has 1 aromatic heterocycles. The molecule has 0 aliphatic carbocycles. The number of anilines is 2. The van der Waals surface area contributed by atoms with Gasteiger partial charge in [-0.3, -0.25) is 0 Å². The highest BCUT2D eigenvalue weighted by molar-refractivity contribution is 9.10. The number of hydrogen-bond acceptors (Lipinski definition) is 3. The lowest BCUT2D eigenvalue weighted by molar-refractivity contribution is 1.33. The molecule has 1 aromatic carbocycles. The molecule has 0 amide bonds. The topological polar surface area (TPSA) is 24.9 Å². The average Bonchev–Trinajstić information content (AvgIpc) is 2.58. The summed E-state index contributed by atoms with van der Waals surface area (Å²) in [5.41, 5.74) is 2.02. The van der Waals surface area contributed by atoms with Gasteiger partial charge >= 0.3 is 0 Å². The van der Waals surface area contributed by atoms with Gasteiger partial charge in [-0.25, -0.2) is 4.98 Å². The second-order valence-corrected chi connectivity index (χ2v) is 5.11. The fraction of sp³-hybridized carbons (Fsp3) is 0.100. The molecule has 2 aromatic rings. The number of aryl methyl sites for hydroxylation is 1. The van der Waals surface area contributed by atoms with Gasteiger partial charge in [-0.05, 0) is 34.5 Å². The van der Waals surface area contributed by atoms with E-state index in [1.807, 2.05) is 30.5 Å². The van der Waals surface area contributed by atoms with Crippen molar-refractivity contribution >= 4 is 49.7 Å². The Balaban J connectivity index is 2.31. The summed E-state index contributed by atoms with van der Waals surface area (Å²) in [6, 6.07) is 5.80. The third-order valence-electron chi connectivity index (χ3n) is 1.93. The van der Waals surface area contributed by atoms with Crippen molar-refractivity contribution < 1.29 is 0 Å².